The molecule has 104 valence electrons. The van der Waals surface area contributed by atoms with E-state index in [9.17, 15) is 0 Å². The zero-order valence-corrected chi connectivity index (χ0v) is 11.8. The normalized spacial score (nSPS) is 26.3. The highest BCUT2D eigenvalue weighted by Gasteiger charge is 2.46. The van der Waals surface area contributed by atoms with Gasteiger partial charge in [0.1, 0.15) is 0 Å². The van der Waals surface area contributed by atoms with E-state index in [1.807, 2.05) is 12.1 Å². The van der Waals surface area contributed by atoms with Crippen LogP contribution in [0.1, 0.15) is 31.7 Å². The van der Waals surface area contributed by atoms with Crippen molar-refractivity contribution in [3.8, 4) is 0 Å². The van der Waals surface area contributed by atoms with E-state index in [1.165, 1.54) is 31.4 Å². The zero-order chi connectivity index (χ0) is 13.3. The first-order chi connectivity index (χ1) is 9.23. The van der Waals surface area contributed by atoms with Gasteiger partial charge in [0, 0.05) is 30.2 Å². The first-order valence-corrected chi connectivity index (χ1v) is 7.41. The number of hydrogen-bond donors (Lipinski definition) is 1. The molecule has 1 aromatic carbocycles. The Morgan fingerprint density at radius 3 is 2.68 bits per heavy atom. The second-order valence-electron chi connectivity index (χ2n) is 6.01. The topological polar surface area (TPSA) is 38.5 Å². The highest BCUT2D eigenvalue weighted by atomic mass is 16.5. The fourth-order valence-corrected chi connectivity index (χ4v) is 3.19. The van der Waals surface area contributed by atoms with E-state index in [1.54, 1.807) is 0 Å². The molecule has 3 nitrogen and oxygen atoms in total. The van der Waals surface area contributed by atoms with Crippen molar-refractivity contribution in [3.63, 3.8) is 0 Å². The zero-order valence-electron chi connectivity index (χ0n) is 11.8. The summed E-state index contributed by atoms with van der Waals surface area (Å²) in [6.45, 7) is 6.30. The van der Waals surface area contributed by atoms with Crippen molar-refractivity contribution in [2.24, 2.45) is 0 Å². The van der Waals surface area contributed by atoms with Gasteiger partial charge in [-0.05, 0) is 37.0 Å². The molecule has 1 saturated carbocycles. The largest absolute Gasteiger partial charge is 0.399 e. The summed E-state index contributed by atoms with van der Waals surface area (Å²) in [4.78, 5) is 2.63. The van der Waals surface area contributed by atoms with Gasteiger partial charge in [-0.1, -0.05) is 19.1 Å². The van der Waals surface area contributed by atoms with Crippen molar-refractivity contribution in [2.45, 2.75) is 37.6 Å². The van der Waals surface area contributed by atoms with Gasteiger partial charge in [-0.3, -0.25) is 4.90 Å². The van der Waals surface area contributed by atoms with Gasteiger partial charge in [0.2, 0.25) is 0 Å². The van der Waals surface area contributed by atoms with Crippen LogP contribution in [0.3, 0.4) is 0 Å². The minimum absolute atomic E-state index is 0.387. The Kier molecular flexibility index (Phi) is 3.50. The van der Waals surface area contributed by atoms with Crippen molar-refractivity contribution in [2.75, 3.05) is 32.0 Å². The maximum Gasteiger partial charge on any atom is 0.0622 e. The average Bonchev–Trinajstić information content (AvgIpc) is 3.21. The van der Waals surface area contributed by atoms with Crippen molar-refractivity contribution in [1.29, 1.82) is 0 Å². The number of ether oxygens (including phenoxy) is 1. The van der Waals surface area contributed by atoms with Gasteiger partial charge < -0.3 is 10.5 Å². The SMILES string of the molecule is CCC1COCCN1CC1(c2ccc(N)cc2)CC1. The lowest BCUT2D eigenvalue weighted by Gasteiger charge is -2.37. The monoisotopic (exact) mass is 260 g/mol. The minimum Gasteiger partial charge on any atom is -0.399 e. The molecule has 19 heavy (non-hydrogen) atoms. The minimum atomic E-state index is 0.387. The summed E-state index contributed by atoms with van der Waals surface area (Å²) in [6, 6.07) is 9.09. The molecule has 0 bridgehead atoms. The number of morpholine rings is 1. The van der Waals surface area contributed by atoms with E-state index in [0.717, 1.165) is 25.4 Å². The van der Waals surface area contributed by atoms with Gasteiger partial charge >= 0.3 is 0 Å². The van der Waals surface area contributed by atoms with Crippen LogP contribution >= 0.6 is 0 Å². The lowest BCUT2D eigenvalue weighted by molar-refractivity contribution is -0.0127. The highest BCUT2D eigenvalue weighted by Crippen LogP contribution is 2.49. The second kappa shape index (κ2) is 5.14. The van der Waals surface area contributed by atoms with Crippen LogP contribution in [-0.2, 0) is 10.2 Å². The van der Waals surface area contributed by atoms with Crippen molar-refractivity contribution in [1.82, 2.24) is 4.90 Å². The Bertz CT molecular complexity index is 425. The van der Waals surface area contributed by atoms with Crippen molar-refractivity contribution in [3.05, 3.63) is 29.8 Å². The van der Waals surface area contributed by atoms with Gasteiger partial charge in [-0.15, -0.1) is 0 Å². The molecular weight excluding hydrogens is 236 g/mol. The second-order valence-corrected chi connectivity index (χ2v) is 6.01. The molecule has 1 atom stereocenters. The maximum absolute atomic E-state index is 5.79. The molecule has 1 heterocycles. The predicted molar refractivity (Wildman–Crippen MR) is 78.2 cm³/mol. The molecule has 2 N–H and O–H groups in total. The number of hydrogen-bond acceptors (Lipinski definition) is 3. The van der Waals surface area contributed by atoms with E-state index in [4.69, 9.17) is 10.5 Å². The van der Waals surface area contributed by atoms with Crippen molar-refractivity contribution < 1.29 is 4.74 Å². The Balaban J connectivity index is 1.72. The number of rotatable bonds is 4. The summed E-state index contributed by atoms with van der Waals surface area (Å²) in [5.41, 5.74) is 8.50. The third-order valence-corrected chi connectivity index (χ3v) is 4.70. The van der Waals surface area contributed by atoms with E-state index < -0.39 is 0 Å². The molecule has 3 heteroatoms. The first-order valence-electron chi connectivity index (χ1n) is 7.41. The van der Waals surface area contributed by atoms with Gasteiger partial charge in [-0.25, -0.2) is 0 Å². The molecule has 0 radical (unpaired) electrons. The molecule has 1 aliphatic carbocycles. The third kappa shape index (κ3) is 2.63. The summed E-state index contributed by atoms with van der Waals surface area (Å²) < 4.78 is 5.60. The van der Waals surface area contributed by atoms with Crippen LogP contribution in [0.4, 0.5) is 5.69 Å². The molecule has 1 aliphatic heterocycles. The van der Waals surface area contributed by atoms with Crippen LogP contribution in [0.2, 0.25) is 0 Å². The third-order valence-electron chi connectivity index (χ3n) is 4.70. The number of nitrogen functional groups attached to an aromatic ring is 1. The van der Waals surface area contributed by atoms with Crippen LogP contribution in [0.15, 0.2) is 24.3 Å². The van der Waals surface area contributed by atoms with Crippen LogP contribution in [0.25, 0.3) is 0 Å². The Hall–Kier alpha value is -1.06. The van der Waals surface area contributed by atoms with E-state index in [0.29, 0.717) is 11.5 Å². The standard InChI is InChI=1S/C16H24N2O/c1-2-15-11-19-10-9-18(15)12-16(7-8-16)13-3-5-14(17)6-4-13/h3-6,15H,2,7-12,17H2,1H3. The number of benzene rings is 1. The van der Waals surface area contributed by atoms with Crippen LogP contribution in [0, 0.1) is 0 Å². The van der Waals surface area contributed by atoms with Crippen molar-refractivity contribution >= 4 is 5.69 Å². The summed E-state index contributed by atoms with van der Waals surface area (Å²) in [6.07, 6.45) is 3.80. The maximum atomic E-state index is 5.79. The van der Waals surface area contributed by atoms with Gasteiger partial charge in [-0.2, -0.15) is 0 Å². The molecule has 2 aliphatic rings. The van der Waals surface area contributed by atoms with Crippen LogP contribution < -0.4 is 5.73 Å². The molecular formula is C16H24N2O. The van der Waals surface area contributed by atoms with Gasteiger partial charge in [0.15, 0.2) is 0 Å². The average molecular weight is 260 g/mol. The van der Waals surface area contributed by atoms with Gasteiger partial charge in [0.25, 0.3) is 0 Å². The Labute approximate surface area is 115 Å². The molecule has 1 unspecified atom stereocenters. The van der Waals surface area contributed by atoms with E-state index in [-0.39, 0.29) is 0 Å². The fourth-order valence-electron chi connectivity index (χ4n) is 3.19. The molecule has 3 rings (SSSR count). The smallest absolute Gasteiger partial charge is 0.0622 e. The number of nitrogens with two attached hydrogens (primary N) is 1. The van der Waals surface area contributed by atoms with E-state index >= 15 is 0 Å². The fraction of sp³-hybridized carbons (Fsp3) is 0.625. The lowest BCUT2D eigenvalue weighted by Crippen LogP contribution is -2.48. The lowest BCUT2D eigenvalue weighted by atomic mass is 9.94. The number of nitrogens with zero attached hydrogens (tertiary/aromatic N) is 1. The Morgan fingerprint density at radius 2 is 2.05 bits per heavy atom. The first kappa shape index (κ1) is 12.9. The summed E-state index contributed by atoms with van der Waals surface area (Å²) in [5, 5.41) is 0. The van der Waals surface area contributed by atoms with Crippen LogP contribution in [0.5, 0.6) is 0 Å². The summed E-state index contributed by atoms with van der Waals surface area (Å²) >= 11 is 0. The summed E-state index contributed by atoms with van der Waals surface area (Å²) in [7, 11) is 0. The Morgan fingerprint density at radius 1 is 1.32 bits per heavy atom. The van der Waals surface area contributed by atoms with Crippen LogP contribution in [-0.4, -0.2) is 37.2 Å². The number of anilines is 1. The van der Waals surface area contributed by atoms with Gasteiger partial charge in [0.05, 0.1) is 13.2 Å². The highest BCUT2D eigenvalue weighted by molar-refractivity contribution is 5.43. The molecule has 0 amide bonds. The predicted octanol–water partition coefficient (Wildman–Crippen LogP) is 2.41. The molecule has 0 aromatic heterocycles. The molecule has 1 saturated heterocycles. The molecule has 2 fully saturated rings. The molecule has 0 spiro atoms. The van der Waals surface area contributed by atoms with E-state index in [2.05, 4.69) is 24.0 Å². The molecule has 1 aromatic rings. The quantitative estimate of drug-likeness (QED) is 0.845. The summed E-state index contributed by atoms with van der Waals surface area (Å²) in [5.74, 6) is 0.